The molecule has 0 spiro atoms. The first-order valence-electron chi connectivity index (χ1n) is 12.6. The lowest BCUT2D eigenvalue weighted by Gasteiger charge is -2.27. The highest BCUT2D eigenvalue weighted by Crippen LogP contribution is 2.31. The summed E-state index contributed by atoms with van der Waals surface area (Å²) in [5, 5.41) is 7.70. The number of hydrogen-bond acceptors (Lipinski definition) is 7. The van der Waals surface area contributed by atoms with Crippen LogP contribution in [0, 0.1) is 0 Å². The van der Waals surface area contributed by atoms with Crippen molar-refractivity contribution in [3.05, 3.63) is 58.1 Å². The molecule has 4 aromatic rings. The van der Waals surface area contributed by atoms with Crippen LogP contribution in [0.5, 0.6) is 0 Å². The van der Waals surface area contributed by atoms with E-state index in [4.69, 9.17) is 27.9 Å². The molecule has 2 aromatic carbocycles. The van der Waals surface area contributed by atoms with Gasteiger partial charge in [0.05, 0.1) is 33.2 Å². The number of likely N-dealkylation sites (tertiary alicyclic amines) is 1. The maximum atomic E-state index is 13.5. The molecule has 2 amide bonds. The Morgan fingerprint density at radius 3 is 2.72 bits per heavy atom. The van der Waals surface area contributed by atoms with E-state index in [0.717, 1.165) is 23.3 Å². The van der Waals surface area contributed by atoms with Crippen LogP contribution in [-0.4, -0.2) is 55.1 Å². The Bertz CT molecular complexity index is 1570. The first kappa shape index (κ1) is 27.0. The first-order valence-corrected chi connectivity index (χ1v) is 13.4. The van der Waals surface area contributed by atoms with Gasteiger partial charge in [-0.2, -0.15) is 0 Å². The molecular weight excluding hydrogens is 541 g/mol. The fourth-order valence-electron chi connectivity index (χ4n) is 4.59. The van der Waals surface area contributed by atoms with Crippen LogP contribution in [0.25, 0.3) is 21.9 Å². The number of imidazole rings is 1. The third-order valence-electron chi connectivity index (χ3n) is 6.38. The van der Waals surface area contributed by atoms with E-state index in [1.807, 2.05) is 13.0 Å². The van der Waals surface area contributed by atoms with E-state index in [-0.39, 0.29) is 17.0 Å². The van der Waals surface area contributed by atoms with Crippen LogP contribution in [0.15, 0.2) is 36.7 Å². The van der Waals surface area contributed by atoms with Crippen molar-refractivity contribution in [3.8, 4) is 0 Å². The SMILES string of the molecule is C[C@H](Nc1ncnc2cc(C(=O)N3CCCC3NC(=O)OC(C)(C)C)c(Cl)cc12)c1nc2cc(Cl)ccc2[nH]1. The summed E-state index contributed by atoms with van der Waals surface area (Å²) in [5.41, 5.74) is 1.86. The smallest absolute Gasteiger partial charge is 0.409 e. The molecule has 1 saturated heterocycles. The molecule has 10 nitrogen and oxygen atoms in total. The van der Waals surface area contributed by atoms with Crippen molar-refractivity contribution < 1.29 is 14.3 Å². The van der Waals surface area contributed by atoms with Crippen molar-refractivity contribution in [1.82, 2.24) is 30.2 Å². The van der Waals surface area contributed by atoms with Crippen LogP contribution in [0.2, 0.25) is 10.0 Å². The van der Waals surface area contributed by atoms with E-state index < -0.39 is 17.9 Å². The lowest BCUT2D eigenvalue weighted by atomic mass is 10.1. The molecule has 5 rings (SSSR count). The second-order valence-corrected chi connectivity index (χ2v) is 11.4. The van der Waals surface area contributed by atoms with Gasteiger partial charge in [0.15, 0.2) is 0 Å². The molecule has 3 heterocycles. The molecule has 2 atom stereocenters. The van der Waals surface area contributed by atoms with E-state index in [1.165, 1.54) is 6.33 Å². The zero-order valence-corrected chi connectivity index (χ0v) is 23.5. The number of anilines is 1. The number of H-pyrrole nitrogens is 1. The molecule has 1 fully saturated rings. The van der Waals surface area contributed by atoms with Gasteiger partial charge in [0.1, 0.15) is 29.7 Å². The summed E-state index contributed by atoms with van der Waals surface area (Å²) in [7, 11) is 0. The molecule has 2 aromatic heterocycles. The number of alkyl carbamates (subject to hydrolysis) is 1. The van der Waals surface area contributed by atoms with E-state index in [2.05, 4.69) is 30.6 Å². The summed E-state index contributed by atoms with van der Waals surface area (Å²) in [5.74, 6) is 0.981. The van der Waals surface area contributed by atoms with Crippen LogP contribution in [0.4, 0.5) is 10.6 Å². The maximum Gasteiger partial charge on any atom is 0.409 e. The van der Waals surface area contributed by atoms with Crippen molar-refractivity contribution in [1.29, 1.82) is 0 Å². The Labute approximate surface area is 235 Å². The van der Waals surface area contributed by atoms with Crippen molar-refractivity contribution in [2.24, 2.45) is 0 Å². The summed E-state index contributed by atoms with van der Waals surface area (Å²) in [6.07, 6.45) is 1.75. The number of carbonyl (C=O) groups excluding carboxylic acids is 2. The third kappa shape index (κ3) is 5.86. The number of hydrogen-bond donors (Lipinski definition) is 3. The summed E-state index contributed by atoms with van der Waals surface area (Å²) in [4.78, 5) is 44.2. The number of ether oxygens (including phenoxy) is 1. The maximum absolute atomic E-state index is 13.5. The van der Waals surface area contributed by atoms with Crippen molar-refractivity contribution >= 4 is 63.0 Å². The van der Waals surface area contributed by atoms with Gasteiger partial charge in [-0.3, -0.25) is 4.79 Å². The number of aromatic nitrogens is 4. The molecule has 0 bridgehead atoms. The molecule has 1 aliphatic heterocycles. The average Bonchev–Trinajstić information content (AvgIpc) is 3.49. The van der Waals surface area contributed by atoms with Crippen LogP contribution < -0.4 is 10.6 Å². The minimum atomic E-state index is -0.639. The summed E-state index contributed by atoms with van der Waals surface area (Å²) in [6, 6.07) is 8.61. The van der Waals surface area contributed by atoms with Crippen molar-refractivity contribution in [2.75, 3.05) is 11.9 Å². The summed E-state index contributed by atoms with van der Waals surface area (Å²) < 4.78 is 5.36. The Morgan fingerprint density at radius 1 is 1.15 bits per heavy atom. The molecule has 204 valence electrons. The van der Waals surface area contributed by atoms with Gasteiger partial charge in [-0.05, 0) is 70.9 Å². The third-order valence-corrected chi connectivity index (χ3v) is 6.93. The molecule has 1 unspecified atom stereocenters. The molecule has 0 radical (unpaired) electrons. The monoisotopic (exact) mass is 569 g/mol. The fraction of sp³-hybridized carbons (Fsp3) is 0.370. The Hall–Kier alpha value is -3.63. The molecule has 0 saturated carbocycles. The zero-order valence-electron chi connectivity index (χ0n) is 22.0. The molecule has 39 heavy (non-hydrogen) atoms. The highest BCUT2D eigenvalue weighted by molar-refractivity contribution is 6.35. The number of fused-ring (bicyclic) bond motifs is 2. The predicted molar refractivity (Wildman–Crippen MR) is 151 cm³/mol. The number of nitrogens with zero attached hydrogens (tertiary/aromatic N) is 4. The summed E-state index contributed by atoms with van der Waals surface area (Å²) >= 11 is 12.7. The normalized spacial score (nSPS) is 16.5. The van der Waals surface area contributed by atoms with Gasteiger partial charge in [-0.15, -0.1) is 0 Å². The minimum Gasteiger partial charge on any atom is -0.444 e. The number of carbonyl (C=O) groups is 2. The van der Waals surface area contributed by atoms with E-state index in [9.17, 15) is 9.59 Å². The van der Waals surface area contributed by atoms with Gasteiger partial charge < -0.3 is 25.3 Å². The van der Waals surface area contributed by atoms with Gasteiger partial charge in [0.25, 0.3) is 5.91 Å². The van der Waals surface area contributed by atoms with Gasteiger partial charge in [-0.1, -0.05) is 23.2 Å². The topological polar surface area (TPSA) is 125 Å². The lowest BCUT2D eigenvalue weighted by Crippen LogP contribution is -2.48. The number of halogens is 2. The number of rotatable bonds is 5. The standard InChI is InChI=1S/C27H29Cl2N7O3/c1-14(23-33-19-8-7-15(28)10-21(19)34-23)32-24-17-11-18(29)16(12-20(17)30-13-31-24)25(37)36-9-5-6-22(36)35-26(38)39-27(2,3)4/h7-8,10-14,22H,5-6,9H2,1-4H3,(H,33,34)(H,35,38)(H,30,31,32)/t14-,22?/m0/s1. The Morgan fingerprint density at radius 2 is 1.95 bits per heavy atom. The zero-order chi connectivity index (χ0) is 27.9. The number of nitrogens with one attached hydrogen (secondary N) is 3. The predicted octanol–water partition coefficient (Wildman–Crippen LogP) is 6.07. The number of aromatic amines is 1. The average molecular weight is 570 g/mol. The second-order valence-electron chi connectivity index (χ2n) is 10.5. The van der Waals surface area contributed by atoms with Crippen LogP contribution >= 0.6 is 23.2 Å². The number of amides is 2. The van der Waals surface area contributed by atoms with Crippen LogP contribution in [0.3, 0.4) is 0 Å². The molecule has 3 N–H and O–H groups in total. The molecular formula is C27H29Cl2N7O3. The Kier molecular flexibility index (Phi) is 7.26. The Balaban J connectivity index is 1.37. The van der Waals surface area contributed by atoms with Gasteiger partial charge >= 0.3 is 6.09 Å². The first-order chi connectivity index (χ1) is 18.5. The van der Waals surface area contributed by atoms with E-state index in [1.54, 1.807) is 49.9 Å². The highest BCUT2D eigenvalue weighted by Gasteiger charge is 2.33. The van der Waals surface area contributed by atoms with Crippen molar-refractivity contribution in [2.45, 2.75) is 58.3 Å². The quantitative estimate of drug-likeness (QED) is 0.266. The molecule has 12 heteroatoms. The van der Waals surface area contributed by atoms with E-state index in [0.29, 0.717) is 40.3 Å². The fourth-order valence-corrected chi connectivity index (χ4v) is 5.00. The van der Waals surface area contributed by atoms with Gasteiger partial charge in [0, 0.05) is 17.0 Å². The second kappa shape index (κ2) is 10.5. The lowest BCUT2D eigenvalue weighted by molar-refractivity contribution is 0.0433. The highest BCUT2D eigenvalue weighted by atomic mass is 35.5. The van der Waals surface area contributed by atoms with Crippen LogP contribution in [-0.2, 0) is 4.74 Å². The van der Waals surface area contributed by atoms with Gasteiger partial charge in [0.2, 0.25) is 0 Å². The van der Waals surface area contributed by atoms with Crippen molar-refractivity contribution in [3.63, 3.8) is 0 Å². The molecule has 0 aliphatic carbocycles. The number of benzene rings is 2. The van der Waals surface area contributed by atoms with Crippen LogP contribution in [0.1, 0.15) is 62.8 Å². The summed E-state index contributed by atoms with van der Waals surface area (Å²) in [6.45, 7) is 7.81. The largest absolute Gasteiger partial charge is 0.444 e. The van der Waals surface area contributed by atoms with Gasteiger partial charge in [-0.25, -0.2) is 19.7 Å². The van der Waals surface area contributed by atoms with E-state index >= 15 is 0 Å². The minimum absolute atomic E-state index is 0.223. The molecule has 1 aliphatic rings.